The molecule has 148 valence electrons. The second kappa shape index (κ2) is 7.09. The highest BCUT2D eigenvalue weighted by Gasteiger charge is 2.29. The lowest BCUT2D eigenvalue weighted by Crippen LogP contribution is -2.46. The standard InChI is InChI=1S/C20H31N5O2/c1-20(2,3)27-19(26)24-11-5-10-23(12-13-24)17-8-7-16-18(22-17)21-15-6-4-9-25(16)14-15/h7-8,15H,4-6,9-14H2,1-3H3,(H,21,22). The number of anilines is 3. The largest absolute Gasteiger partial charge is 0.444 e. The lowest BCUT2D eigenvalue weighted by molar-refractivity contribution is 0.0263. The summed E-state index contributed by atoms with van der Waals surface area (Å²) in [6.45, 7) is 11.0. The first-order chi connectivity index (χ1) is 12.9. The lowest BCUT2D eigenvalue weighted by atomic mass is 10.0. The predicted octanol–water partition coefficient (Wildman–Crippen LogP) is 2.92. The van der Waals surface area contributed by atoms with E-state index in [2.05, 4.69) is 27.2 Å². The average molecular weight is 374 g/mol. The highest BCUT2D eigenvalue weighted by Crippen LogP contribution is 2.34. The zero-order chi connectivity index (χ0) is 19.0. The van der Waals surface area contributed by atoms with Gasteiger partial charge in [-0.25, -0.2) is 9.78 Å². The number of pyridine rings is 1. The van der Waals surface area contributed by atoms with E-state index in [0.717, 1.165) is 50.8 Å². The van der Waals surface area contributed by atoms with Crippen molar-refractivity contribution in [2.45, 2.75) is 51.7 Å². The molecule has 1 atom stereocenters. The van der Waals surface area contributed by atoms with Crippen molar-refractivity contribution in [1.82, 2.24) is 9.88 Å². The second-order valence-electron chi connectivity index (χ2n) is 8.77. The fraction of sp³-hybridized carbons (Fsp3) is 0.700. The summed E-state index contributed by atoms with van der Waals surface area (Å²) in [5.74, 6) is 2.00. The molecule has 4 rings (SSSR count). The number of rotatable bonds is 1. The number of amides is 1. The number of hydrogen-bond acceptors (Lipinski definition) is 6. The molecule has 3 aliphatic rings. The van der Waals surface area contributed by atoms with E-state index in [1.54, 1.807) is 0 Å². The van der Waals surface area contributed by atoms with E-state index in [-0.39, 0.29) is 6.09 Å². The molecule has 0 aromatic carbocycles. The van der Waals surface area contributed by atoms with Gasteiger partial charge in [0.1, 0.15) is 11.4 Å². The van der Waals surface area contributed by atoms with Gasteiger partial charge in [-0.3, -0.25) is 0 Å². The van der Waals surface area contributed by atoms with Crippen molar-refractivity contribution in [3.8, 4) is 0 Å². The van der Waals surface area contributed by atoms with Gasteiger partial charge in [0.15, 0.2) is 5.82 Å². The molecular formula is C20H31N5O2. The summed E-state index contributed by atoms with van der Waals surface area (Å²) in [4.78, 5) is 23.8. The van der Waals surface area contributed by atoms with E-state index in [1.807, 2.05) is 25.7 Å². The van der Waals surface area contributed by atoms with E-state index in [4.69, 9.17) is 9.72 Å². The van der Waals surface area contributed by atoms with Crippen molar-refractivity contribution >= 4 is 23.4 Å². The Morgan fingerprint density at radius 3 is 2.74 bits per heavy atom. The molecule has 2 bridgehead atoms. The van der Waals surface area contributed by atoms with E-state index in [1.165, 1.54) is 18.5 Å². The number of nitrogens with zero attached hydrogens (tertiary/aromatic N) is 4. The van der Waals surface area contributed by atoms with Gasteiger partial charge in [0.25, 0.3) is 0 Å². The molecule has 3 aliphatic heterocycles. The highest BCUT2D eigenvalue weighted by atomic mass is 16.6. The Bertz CT molecular complexity index is 702. The molecule has 1 amide bonds. The summed E-state index contributed by atoms with van der Waals surface area (Å²) in [6.07, 6.45) is 3.16. The second-order valence-corrected chi connectivity index (χ2v) is 8.77. The van der Waals surface area contributed by atoms with Crippen LogP contribution in [0.3, 0.4) is 0 Å². The molecule has 0 aliphatic carbocycles. The average Bonchev–Trinajstić information content (AvgIpc) is 2.86. The van der Waals surface area contributed by atoms with Gasteiger partial charge >= 0.3 is 6.09 Å². The van der Waals surface area contributed by atoms with Crippen LogP contribution in [0.1, 0.15) is 40.0 Å². The topological polar surface area (TPSA) is 60.9 Å². The summed E-state index contributed by atoms with van der Waals surface area (Å²) in [5, 5.41) is 3.61. The summed E-state index contributed by atoms with van der Waals surface area (Å²) in [5.41, 5.74) is 0.766. The minimum absolute atomic E-state index is 0.218. The molecule has 1 aromatic heterocycles. The van der Waals surface area contributed by atoms with Crippen LogP contribution in [-0.2, 0) is 4.74 Å². The molecule has 1 N–H and O–H groups in total. The number of carbonyl (C=O) groups is 1. The van der Waals surface area contributed by atoms with Gasteiger partial charge in [-0.05, 0) is 52.2 Å². The van der Waals surface area contributed by atoms with Crippen LogP contribution in [0.15, 0.2) is 12.1 Å². The quantitative estimate of drug-likeness (QED) is 0.817. The van der Waals surface area contributed by atoms with Gasteiger partial charge < -0.3 is 24.8 Å². The number of ether oxygens (including phenoxy) is 1. The maximum Gasteiger partial charge on any atom is 0.410 e. The lowest BCUT2D eigenvalue weighted by Gasteiger charge is -2.41. The first-order valence-electron chi connectivity index (χ1n) is 10.1. The SMILES string of the molecule is CC(C)(C)OC(=O)N1CCCN(c2ccc3c(n2)NC2CCCN3C2)CC1. The highest BCUT2D eigenvalue weighted by molar-refractivity contribution is 5.72. The summed E-state index contributed by atoms with van der Waals surface area (Å²) in [7, 11) is 0. The predicted molar refractivity (Wildman–Crippen MR) is 108 cm³/mol. The Balaban J connectivity index is 1.44. The molecular weight excluding hydrogens is 342 g/mol. The third kappa shape index (κ3) is 4.06. The van der Waals surface area contributed by atoms with Crippen molar-refractivity contribution in [3.05, 3.63) is 12.1 Å². The molecule has 7 nitrogen and oxygen atoms in total. The van der Waals surface area contributed by atoms with E-state index in [0.29, 0.717) is 12.6 Å². The molecule has 1 unspecified atom stereocenters. The minimum atomic E-state index is -0.456. The smallest absolute Gasteiger partial charge is 0.410 e. The van der Waals surface area contributed by atoms with Gasteiger partial charge in [-0.1, -0.05) is 0 Å². The van der Waals surface area contributed by atoms with Gasteiger partial charge in [0, 0.05) is 45.3 Å². The van der Waals surface area contributed by atoms with Crippen LogP contribution in [0.2, 0.25) is 0 Å². The summed E-state index contributed by atoms with van der Waals surface area (Å²) < 4.78 is 5.53. The molecule has 0 radical (unpaired) electrons. The Hall–Kier alpha value is -2.18. The van der Waals surface area contributed by atoms with Crippen molar-refractivity contribution < 1.29 is 9.53 Å². The van der Waals surface area contributed by atoms with Crippen molar-refractivity contribution in [2.24, 2.45) is 0 Å². The zero-order valence-electron chi connectivity index (χ0n) is 16.7. The molecule has 0 spiro atoms. The maximum absolute atomic E-state index is 12.4. The number of fused-ring (bicyclic) bond motifs is 4. The molecule has 0 saturated carbocycles. The van der Waals surface area contributed by atoms with Crippen LogP contribution in [-0.4, -0.2) is 66.9 Å². The maximum atomic E-state index is 12.4. The molecule has 1 aromatic rings. The van der Waals surface area contributed by atoms with Crippen LogP contribution in [0.4, 0.5) is 22.1 Å². The van der Waals surface area contributed by atoms with Gasteiger partial charge in [-0.2, -0.15) is 0 Å². The van der Waals surface area contributed by atoms with Gasteiger partial charge in [-0.15, -0.1) is 0 Å². The number of carbonyl (C=O) groups excluding carboxylic acids is 1. The van der Waals surface area contributed by atoms with Gasteiger partial charge in [0.05, 0.1) is 5.69 Å². The van der Waals surface area contributed by atoms with E-state index in [9.17, 15) is 4.79 Å². The third-order valence-electron chi connectivity index (χ3n) is 5.43. The minimum Gasteiger partial charge on any atom is -0.444 e. The van der Waals surface area contributed by atoms with Crippen LogP contribution in [0, 0.1) is 0 Å². The Kier molecular flexibility index (Phi) is 4.78. The van der Waals surface area contributed by atoms with Crippen molar-refractivity contribution in [3.63, 3.8) is 0 Å². The third-order valence-corrected chi connectivity index (χ3v) is 5.43. The van der Waals surface area contributed by atoms with Crippen molar-refractivity contribution in [2.75, 3.05) is 54.4 Å². The summed E-state index contributed by atoms with van der Waals surface area (Å²) in [6, 6.07) is 4.84. The number of aromatic nitrogens is 1. The molecule has 7 heteroatoms. The van der Waals surface area contributed by atoms with Crippen LogP contribution >= 0.6 is 0 Å². The molecule has 4 heterocycles. The Labute approximate surface area is 161 Å². The Morgan fingerprint density at radius 1 is 1.11 bits per heavy atom. The molecule has 27 heavy (non-hydrogen) atoms. The first kappa shape index (κ1) is 18.2. The van der Waals surface area contributed by atoms with E-state index >= 15 is 0 Å². The van der Waals surface area contributed by atoms with Crippen LogP contribution in [0.5, 0.6) is 0 Å². The number of nitrogens with one attached hydrogen (secondary N) is 1. The fourth-order valence-electron chi connectivity index (χ4n) is 4.14. The monoisotopic (exact) mass is 373 g/mol. The fourth-order valence-corrected chi connectivity index (χ4v) is 4.14. The first-order valence-corrected chi connectivity index (χ1v) is 10.1. The molecule has 2 fully saturated rings. The van der Waals surface area contributed by atoms with Gasteiger partial charge in [0.2, 0.25) is 0 Å². The normalized spacial score (nSPS) is 22.6. The van der Waals surface area contributed by atoms with Crippen molar-refractivity contribution in [1.29, 1.82) is 0 Å². The number of hydrogen-bond donors (Lipinski definition) is 1. The van der Waals surface area contributed by atoms with Crippen LogP contribution < -0.4 is 15.1 Å². The number of piperidine rings is 1. The van der Waals surface area contributed by atoms with E-state index < -0.39 is 5.60 Å². The van der Waals surface area contributed by atoms with Crippen LogP contribution in [0.25, 0.3) is 0 Å². The molecule has 2 saturated heterocycles. The Morgan fingerprint density at radius 2 is 1.93 bits per heavy atom. The zero-order valence-corrected chi connectivity index (χ0v) is 16.7. The summed E-state index contributed by atoms with van der Waals surface area (Å²) >= 11 is 0.